The van der Waals surface area contributed by atoms with Gasteiger partial charge >= 0.3 is 0 Å². The third-order valence-electron chi connectivity index (χ3n) is 4.15. The summed E-state index contributed by atoms with van der Waals surface area (Å²) in [6.07, 6.45) is 0. The van der Waals surface area contributed by atoms with E-state index >= 15 is 0 Å². The van der Waals surface area contributed by atoms with Crippen LogP contribution in [-0.4, -0.2) is 13.4 Å². The van der Waals surface area contributed by atoms with E-state index in [0.717, 1.165) is 10.0 Å². The van der Waals surface area contributed by atoms with Gasteiger partial charge in [0, 0.05) is 15.4 Å². The van der Waals surface area contributed by atoms with Crippen molar-refractivity contribution in [3.8, 4) is 11.3 Å². The van der Waals surface area contributed by atoms with Gasteiger partial charge in [-0.2, -0.15) is 0 Å². The molecule has 128 valence electrons. The van der Waals surface area contributed by atoms with Gasteiger partial charge in [0.1, 0.15) is 0 Å². The molecule has 4 rings (SSSR count). The second kappa shape index (κ2) is 6.67. The molecule has 1 heterocycles. The summed E-state index contributed by atoms with van der Waals surface area (Å²) < 4.78 is 27.4. The Balaban J connectivity index is 2.05. The van der Waals surface area contributed by atoms with Crippen molar-refractivity contribution in [1.29, 1.82) is 0 Å². The van der Waals surface area contributed by atoms with Gasteiger partial charge in [0.25, 0.3) is 0 Å². The van der Waals surface area contributed by atoms with Crippen LogP contribution in [0.4, 0.5) is 0 Å². The summed E-state index contributed by atoms with van der Waals surface area (Å²) in [7, 11) is -3.67. The number of nitrogens with zero attached hydrogens (tertiary/aromatic N) is 1. The minimum atomic E-state index is -3.67. The maximum Gasteiger partial charge on any atom is 0.207 e. The van der Waals surface area contributed by atoms with Gasteiger partial charge in [-0.25, -0.2) is 13.4 Å². The molecule has 0 spiro atoms. The fraction of sp³-hybridized carbons (Fsp3) is 0. The molecule has 26 heavy (non-hydrogen) atoms. The number of aromatic nitrogens is 1. The van der Waals surface area contributed by atoms with Crippen LogP contribution in [0.15, 0.2) is 99.2 Å². The molecule has 3 aromatic carbocycles. The van der Waals surface area contributed by atoms with Crippen LogP contribution in [-0.2, 0) is 9.84 Å². The van der Waals surface area contributed by atoms with Gasteiger partial charge in [0.15, 0.2) is 0 Å². The highest BCUT2D eigenvalue weighted by molar-refractivity contribution is 9.10. The van der Waals surface area contributed by atoms with Crippen LogP contribution in [0.2, 0.25) is 0 Å². The number of halogens is 1. The molecule has 0 amide bonds. The van der Waals surface area contributed by atoms with E-state index in [1.807, 2.05) is 42.5 Å². The van der Waals surface area contributed by atoms with E-state index in [2.05, 4.69) is 20.9 Å². The predicted molar refractivity (Wildman–Crippen MR) is 107 cm³/mol. The van der Waals surface area contributed by atoms with Gasteiger partial charge in [-0.15, -0.1) is 0 Å². The smallest absolute Gasteiger partial charge is 0.207 e. The first-order valence-electron chi connectivity index (χ1n) is 8.01. The van der Waals surface area contributed by atoms with Crippen LogP contribution in [0, 0.1) is 0 Å². The second-order valence-electron chi connectivity index (χ2n) is 5.85. The molecule has 0 unspecified atom stereocenters. The van der Waals surface area contributed by atoms with Crippen molar-refractivity contribution in [2.24, 2.45) is 0 Å². The molecule has 0 fully saturated rings. The van der Waals surface area contributed by atoms with Gasteiger partial charge in [-0.3, -0.25) is 0 Å². The summed E-state index contributed by atoms with van der Waals surface area (Å²) in [4.78, 5) is 5.20. The van der Waals surface area contributed by atoms with E-state index in [0.29, 0.717) is 16.6 Å². The average molecular weight is 424 g/mol. The van der Waals surface area contributed by atoms with Crippen LogP contribution in [0.5, 0.6) is 0 Å². The normalized spacial score (nSPS) is 11.6. The molecule has 0 radical (unpaired) electrons. The Labute approximate surface area is 160 Å². The van der Waals surface area contributed by atoms with Crippen molar-refractivity contribution in [3.05, 3.63) is 89.4 Å². The van der Waals surface area contributed by atoms with Crippen molar-refractivity contribution in [2.45, 2.75) is 9.79 Å². The number of fused-ring (bicyclic) bond motifs is 1. The summed E-state index contributed by atoms with van der Waals surface area (Å²) >= 11 is 3.43. The Morgan fingerprint density at radius 2 is 1.42 bits per heavy atom. The van der Waals surface area contributed by atoms with Crippen LogP contribution < -0.4 is 0 Å². The molecule has 1 aromatic heterocycles. The van der Waals surface area contributed by atoms with Crippen molar-refractivity contribution >= 4 is 36.7 Å². The minimum absolute atomic E-state index is 0.258. The maximum atomic E-state index is 13.3. The number of pyridine rings is 1. The van der Waals surface area contributed by atoms with Gasteiger partial charge < -0.3 is 0 Å². The van der Waals surface area contributed by atoms with Crippen molar-refractivity contribution < 1.29 is 8.42 Å². The molecule has 0 saturated heterocycles. The third-order valence-corrected chi connectivity index (χ3v) is 6.45. The van der Waals surface area contributed by atoms with Crippen molar-refractivity contribution in [1.82, 2.24) is 4.98 Å². The monoisotopic (exact) mass is 423 g/mol. The highest BCUT2D eigenvalue weighted by atomic mass is 79.9. The fourth-order valence-corrected chi connectivity index (χ4v) is 4.72. The Hall–Kier alpha value is -2.50. The molecule has 0 atom stereocenters. The fourth-order valence-electron chi connectivity index (χ4n) is 2.87. The molecular formula is C21H14BrNO2S. The first-order valence-corrected chi connectivity index (χ1v) is 10.3. The number of benzene rings is 3. The number of hydrogen-bond donors (Lipinski definition) is 0. The quantitative estimate of drug-likeness (QED) is 0.437. The summed E-state index contributed by atoms with van der Waals surface area (Å²) in [5, 5.41) is 0.600. The van der Waals surface area contributed by atoms with Crippen molar-refractivity contribution in [2.75, 3.05) is 0 Å². The van der Waals surface area contributed by atoms with Crippen LogP contribution in [0.25, 0.3) is 22.2 Å². The highest BCUT2D eigenvalue weighted by Crippen LogP contribution is 2.32. The molecule has 5 heteroatoms. The van der Waals surface area contributed by atoms with Gasteiger partial charge in [-0.05, 0) is 36.4 Å². The summed E-state index contributed by atoms with van der Waals surface area (Å²) in [6.45, 7) is 0. The molecule has 3 nitrogen and oxygen atoms in total. The summed E-state index contributed by atoms with van der Waals surface area (Å²) in [6, 6.07) is 25.2. The summed E-state index contributed by atoms with van der Waals surface area (Å²) in [5.74, 6) is 0. The van der Waals surface area contributed by atoms with Gasteiger partial charge in [0.05, 0.1) is 21.0 Å². The molecule has 0 saturated carbocycles. The van der Waals surface area contributed by atoms with E-state index < -0.39 is 9.84 Å². The largest absolute Gasteiger partial charge is 0.248 e. The lowest BCUT2D eigenvalue weighted by atomic mass is 10.1. The molecule has 0 N–H and O–H groups in total. The molecule has 0 aliphatic carbocycles. The standard InChI is InChI=1S/C21H14BrNO2S/c22-16-11-12-19-18(13-16)21(26(24,25)17-9-5-2-6-10-17)14-20(23-19)15-7-3-1-4-8-15/h1-14H. The van der Waals surface area contributed by atoms with E-state index in [1.54, 1.807) is 42.5 Å². The number of rotatable bonds is 3. The lowest BCUT2D eigenvalue weighted by molar-refractivity contribution is 0.597. The van der Waals surface area contributed by atoms with E-state index in [9.17, 15) is 8.42 Å². The molecule has 0 aliphatic heterocycles. The zero-order chi connectivity index (χ0) is 18.1. The summed E-state index contributed by atoms with van der Waals surface area (Å²) in [5.41, 5.74) is 2.15. The van der Waals surface area contributed by atoms with E-state index in [4.69, 9.17) is 0 Å². The lowest BCUT2D eigenvalue weighted by Gasteiger charge is -2.11. The molecular weight excluding hydrogens is 410 g/mol. The zero-order valence-corrected chi connectivity index (χ0v) is 16.0. The average Bonchev–Trinajstić information content (AvgIpc) is 2.68. The number of sulfone groups is 1. The maximum absolute atomic E-state index is 13.3. The van der Waals surface area contributed by atoms with E-state index in [-0.39, 0.29) is 9.79 Å². The second-order valence-corrected chi connectivity index (χ2v) is 8.68. The Morgan fingerprint density at radius 1 is 0.769 bits per heavy atom. The first kappa shape index (κ1) is 16.9. The highest BCUT2D eigenvalue weighted by Gasteiger charge is 2.22. The minimum Gasteiger partial charge on any atom is -0.248 e. The molecule has 0 bridgehead atoms. The van der Waals surface area contributed by atoms with Crippen LogP contribution in [0.1, 0.15) is 0 Å². The third kappa shape index (κ3) is 3.04. The lowest BCUT2D eigenvalue weighted by Crippen LogP contribution is -2.04. The Bertz CT molecular complexity index is 1190. The van der Waals surface area contributed by atoms with Gasteiger partial charge in [-0.1, -0.05) is 64.5 Å². The van der Waals surface area contributed by atoms with E-state index in [1.165, 1.54) is 0 Å². The van der Waals surface area contributed by atoms with Crippen molar-refractivity contribution in [3.63, 3.8) is 0 Å². The first-order chi connectivity index (χ1) is 12.6. The van der Waals surface area contributed by atoms with Crippen LogP contribution >= 0.6 is 15.9 Å². The molecule has 4 aromatic rings. The topological polar surface area (TPSA) is 47.0 Å². The zero-order valence-electron chi connectivity index (χ0n) is 13.6. The Morgan fingerprint density at radius 3 is 2.12 bits per heavy atom. The SMILES string of the molecule is O=S(=O)(c1ccccc1)c1cc(-c2ccccc2)nc2ccc(Br)cc12. The van der Waals surface area contributed by atoms with Crippen LogP contribution in [0.3, 0.4) is 0 Å². The molecule has 0 aliphatic rings. The van der Waals surface area contributed by atoms with Gasteiger partial charge in [0.2, 0.25) is 9.84 Å². The predicted octanol–water partition coefficient (Wildman–Crippen LogP) is 5.50. The Kier molecular flexibility index (Phi) is 4.34. The number of hydrogen-bond acceptors (Lipinski definition) is 3.